The van der Waals surface area contributed by atoms with Gasteiger partial charge in [0.1, 0.15) is 0 Å². The molecule has 0 amide bonds. The van der Waals surface area contributed by atoms with Crippen LogP contribution in [0.3, 0.4) is 0 Å². The fourth-order valence-corrected chi connectivity index (χ4v) is 8.30. The Balaban J connectivity index is 1.50. The van der Waals surface area contributed by atoms with E-state index in [0.29, 0.717) is 5.41 Å². The second-order valence-corrected chi connectivity index (χ2v) is 10.0. The monoisotopic (exact) mass is 304 g/mol. The van der Waals surface area contributed by atoms with E-state index in [-0.39, 0.29) is 17.6 Å². The first-order chi connectivity index (χ1) is 10.4. The van der Waals surface area contributed by atoms with Crippen LogP contribution in [0.5, 0.6) is 0 Å². The molecule has 5 aliphatic carbocycles. The van der Waals surface area contributed by atoms with Crippen molar-refractivity contribution in [1.82, 2.24) is 0 Å². The summed E-state index contributed by atoms with van der Waals surface area (Å²) in [6.45, 7) is 4.96. The summed E-state index contributed by atoms with van der Waals surface area (Å²) in [5.74, 6) is 5.15. The topological polar surface area (TPSA) is 40.5 Å². The van der Waals surface area contributed by atoms with Gasteiger partial charge < -0.3 is 10.2 Å². The number of aliphatic hydroxyl groups is 2. The quantitative estimate of drug-likeness (QED) is 0.718. The molecule has 0 aromatic heterocycles. The van der Waals surface area contributed by atoms with Gasteiger partial charge in [0.25, 0.3) is 0 Å². The molecule has 2 heteroatoms. The van der Waals surface area contributed by atoms with Crippen molar-refractivity contribution in [3.05, 3.63) is 0 Å². The van der Waals surface area contributed by atoms with Gasteiger partial charge in [-0.05, 0) is 97.7 Å². The molecular weight excluding hydrogens is 272 g/mol. The largest absolute Gasteiger partial charge is 0.393 e. The minimum atomic E-state index is -0.0489. The second kappa shape index (κ2) is 4.30. The van der Waals surface area contributed by atoms with Gasteiger partial charge in [-0.25, -0.2) is 0 Å². The molecule has 0 bridgehead atoms. The Morgan fingerprint density at radius 3 is 2.23 bits per heavy atom. The fourth-order valence-electron chi connectivity index (χ4n) is 8.30. The van der Waals surface area contributed by atoms with Crippen molar-refractivity contribution in [2.24, 2.45) is 46.3 Å². The summed E-state index contributed by atoms with van der Waals surface area (Å²) in [6.07, 6.45) is 9.56. The van der Waals surface area contributed by atoms with Gasteiger partial charge in [-0.3, -0.25) is 0 Å². The maximum absolute atomic E-state index is 10.5. The zero-order valence-electron chi connectivity index (χ0n) is 14.2. The van der Waals surface area contributed by atoms with Crippen LogP contribution in [0.25, 0.3) is 0 Å². The lowest BCUT2D eigenvalue weighted by Gasteiger charge is -2.56. The first-order valence-corrected chi connectivity index (χ1v) is 9.81. The third kappa shape index (κ3) is 1.59. The molecule has 10 atom stereocenters. The van der Waals surface area contributed by atoms with Gasteiger partial charge in [-0.15, -0.1) is 0 Å². The van der Waals surface area contributed by atoms with Crippen molar-refractivity contribution >= 4 is 0 Å². The molecule has 0 spiro atoms. The molecule has 0 saturated heterocycles. The average Bonchev–Trinajstić information content (AvgIpc) is 3.11. The smallest absolute Gasteiger partial charge is 0.0596 e. The normalized spacial score (nSPS) is 66.0. The van der Waals surface area contributed by atoms with Crippen LogP contribution < -0.4 is 0 Å². The molecule has 5 rings (SSSR count). The Hall–Kier alpha value is -0.0800. The lowest BCUT2D eigenvalue weighted by atomic mass is 9.49. The Labute approximate surface area is 134 Å². The van der Waals surface area contributed by atoms with Crippen molar-refractivity contribution < 1.29 is 10.2 Å². The number of aliphatic hydroxyl groups excluding tert-OH is 2. The highest BCUT2D eigenvalue weighted by atomic mass is 16.3. The number of fused-ring (bicyclic) bond motifs is 5. The molecule has 22 heavy (non-hydrogen) atoms. The van der Waals surface area contributed by atoms with Gasteiger partial charge in [0.2, 0.25) is 0 Å². The minimum Gasteiger partial charge on any atom is -0.393 e. The van der Waals surface area contributed by atoms with Crippen LogP contribution in [0.1, 0.15) is 65.2 Å². The van der Waals surface area contributed by atoms with Gasteiger partial charge >= 0.3 is 0 Å². The van der Waals surface area contributed by atoms with E-state index in [1.807, 2.05) is 0 Å². The number of hydrogen-bond donors (Lipinski definition) is 2. The average molecular weight is 304 g/mol. The molecule has 0 heterocycles. The SMILES string of the molecule is C[C@]12CCC3C(CC4[C@@H]5C[C@@H](O)CC[C@@]3(C)[C@@H]45)C1CC[C@@H]2O. The van der Waals surface area contributed by atoms with Gasteiger partial charge in [0.05, 0.1) is 12.2 Å². The third-order valence-electron chi connectivity index (χ3n) is 9.43. The van der Waals surface area contributed by atoms with E-state index in [2.05, 4.69) is 13.8 Å². The van der Waals surface area contributed by atoms with Crippen LogP contribution in [0.4, 0.5) is 0 Å². The highest BCUT2D eigenvalue weighted by molar-refractivity contribution is 5.18. The third-order valence-corrected chi connectivity index (χ3v) is 9.43. The molecule has 0 aromatic rings. The molecule has 0 aromatic carbocycles. The highest BCUT2D eigenvalue weighted by Crippen LogP contribution is 2.75. The van der Waals surface area contributed by atoms with E-state index < -0.39 is 0 Å². The summed E-state index contributed by atoms with van der Waals surface area (Å²) in [4.78, 5) is 0. The van der Waals surface area contributed by atoms with Crippen LogP contribution >= 0.6 is 0 Å². The lowest BCUT2D eigenvalue weighted by Crippen LogP contribution is -2.50. The molecule has 2 N–H and O–H groups in total. The minimum absolute atomic E-state index is 0.0296. The second-order valence-electron chi connectivity index (χ2n) is 10.0. The molecule has 0 radical (unpaired) electrons. The summed E-state index contributed by atoms with van der Waals surface area (Å²) in [6, 6.07) is 0. The maximum Gasteiger partial charge on any atom is 0.0596 e. The van der Waals surface area contributed by atoms with Gasteiger partial charge in [-0.2, -0.15) is 0 Å². The number of hydrogen-bond acceptors (Lipinski definition) is 2. The molecule has 5 saturated carbocycles. The number of rotatable bonds is 0. The van der Waals surface area contributed by atoms with Crippen molar-refractivity contribution in [2.75, 3.05) is 0 Å². The van der Waals surface area contributed by atoms with E-state index in [0.717, 1.165) is 54.8 Å². The zero-order chi connectivity index (χ0) is 15.3. The zero-order valence-corrected chi connectivity index (χ0v) is 14.2. The van der Waals surface area contributed by atoms with E-state index in [4.69, 9.17) is 0 Å². The fraction of sp³-hybridized carbons (Fsp3) is 1.00. The molecule has 2 nitrogen and oxygen atoms in total. The Morgan fingerprint density at radius 1 is 0.727 bits per heavy atom. The van der Waals surface area contributed by atoms with Crippen molar-refractivity contribution in [2.45, 2.75) is 77.4 Å². The molecule has 5 aliphatic rings. The Morgan fingerprint density at radius 2 is 1.41 bits per heavy atom. The molecular formula is C20H32O2. The molecule has 124 valence electrons. The van der Waals surface area contributed by atoms with E-state index in [1.54, 1.807) is 0 Å². The van der Waals surface area contributed by atoms with E-state index >= 15 is 0 Å². The summed E-state index contributed by atoms with van der Waals surface area (Å²) >= 11 is 0. The van der Waals surface area contributed by atoms with Crippen molar-refractivity contribution in [3.63, 3.8) is 0 Å². The predicted molar refractivity (Wildman–Crippen MR) is 86.1 cm³/mol. The summed E-state index contributed by atoms with van der Waals surface area (Å²) < 4.78 is 0. The van der Waals surface area contributed by atoms with Crippen LogP contribution in [-0.4, -0.2) is 22.4 Å². The summed E-state index contributed by atoms with van der Waals surface area (Å²) in [5.41, 5.74) is 0.702. The standard InChI is InChI=1S/C20H32O2/c1-19-8-6-16-14(15(19)3-4-17(19)22)10-13-12-9-11(21)5-7-20(16,2)18(12)13/h11-18,21-22H,3-10H2,1-2H3/t11-,12-,13?,14?,15?,16?,17-,18+,19-,20+/m0/s1. The molecule has 5 fully saturated rings. The van der Waals surface area contributed by atoms with Crippen LogP contribution in [0, 0.1) is 46.3 Å². The summed E-state index contributed by atoms with van der Waals surface area (Å²) in [5, 5.41) is 20.8. The van der Waals surface area contributed by atoms with E-state index in [9.17, 15) is 10.2 Å². The van der Waals surface area contributed by atoms with Gasteiger partial charge in [0, 0.05) is 0 Å². The Kier molecular flexibility index (Phi) is 2.79. The summed E-state index contributed by atoms with van der Waals surface area (Å²) in [7, 11) is 0. The van der Waals surface area contributed by atoms with Gasteiger partial charge in [0.15, 0.2) is 0 Å². The first kappa shape index (κ1) is 14.3. The van der Waals surface area contributed by atoms with Crippen LogP contribution in [-0.2, 0) is 0 Å². The van der Waals surface area contributed by atoms with Crippen LogP contribution in [0.2, 0.25) is 0 Å². The van der Waals surface area contributed by atoms with Gasteiger partial charge in [-0.1, -0.05) is 13.8 Å². The Bertz CT molecular complexity index is 490. The predicted octanol–water partition coefficient (Wildman–Crippen LogP) is 3.61. The lowest BCUT2D eigenvalue weighted by molar-refractivity contribution is -0.0945. The first-order valence-electron chi connectivity index (χ1n) is 9.81. The van der Waals surface area contributed by atoms with Crippen molar-refractivity contribution in [1.29, 1.82) is 0 Å². The molecule has 0 aliphatic heterocycles. The van der Waals surface area contributed by atoms with E-state index in [1.165, 1.54) is 32.1 Å². The van der Waals surface area contributed by atoms with Crippen LogP contribution in [0.15, 0.2) is 0 Å². The molecule has 4 unspecified atom stereocenters. The van der Waals surface area contributed by atoms with Crippen molar-refractivity contribution in [3.8, 4) is 0 Å². The maximum atomic E-state index is 10.5. The highest BCUT2D eigenvalue weighted by Gasteiger charge is 2.69.